The minimum atomic E-state index is 0.762. The highest BCUT2D eigenvalue weighted by Crippen LogP contribution is 2.34. The van der Waals surface area contributed by atoms with Crippen molar-refractivity contribution in [3.05, 3.63) is 96.6 Å². The van der Waals surface area contributed by atoms with Gasteiger partial charge in [-0.25, -0.2) is 0 Å². The average Bonchev–Trinajstić information content (AvgIpc) is 2.80. The Kier molecular flexibility index (Phi) is 5.04. The van der Waals surface area contributed by atoms with E-state index in [1.165, 1.54) is 59.6 Å². The lowest BCUT2D eigenvalue weighted by Crippen LogP contribution is -2.04. The normalized spacial score (nSPS) is 14.8. The Balaban J connectivity index is 1.33. The minimum Gasteiger partial charge on any atom is -0.356 e. The second-order valence-corrected chi connectivity index (χ2v) is 8.19. The summed E-state index contributed by atoms with van der Waals surface area (Å²) in [6, 6.07) is 32.9. The SMILES string of the molecule is c1ccc2c(-c3ccc(Nc4ccc(C5CCCCC5)cc4)cc3)cccc2c1. The third kappa shape index (κ3) is 3.91. The summed E-state index contributed by atoms with van der Waals surface area (Å²) in [7, 11) is 0. The molecule has 0 unspecified atom stereocenters. The van der Waals surface area contributed by atoms with E-state index in [0.717, 1.165) is 17.3 Å². The third-order valence-electron chi connectivity index (χ3n) is 6.26. The molecule has 1 nitrogen and oxygen atoms in total. The molecule has 1 fully saturated rings. The number of nitrogens with one attached hydrogen (secondary N) is 1. The maximum atomic E-state index is 3.55. The van der Waals surface area contributed by atoms with Crippen molar-refractivity contribution in [3.8, 4) is 11.1 Å². The number of fused-ring (bicyclic) bond motifs is 1. The highest BCUT2D eigenvalue weighted by Gasteiger charge is 2.15. The summed E-state index contributed by atoms with van der Waals surface area (Å²) in [5.74, 6) is 0.762. The zero-order valence-electron chi connectivity index (χ0n) is 16.8. The van der Waals surface area contributed by atoms with Crippen LogP contribution in [0, 0.1) is 0 Å². The van der Waals surface area contributed by atoms with Gasteiger partial charge in [-0.3, -0.25) is 0 Å². The summed E-state index contributed by atoms with van der Waals surface area (Å²) in [4.78, 5) is 0. The lowest BCUT2D eigenvalue weighted by molar-refractivity contribution is 0.443. The molecule has 0 spiro atoms. The molecule has 0 bridgehead atoms. The van der Waals surface area contributed by atoms with Crippen LogP contribution >= 0.6 is 0 Å². The molecular weight excluding hydrogens is 350 g/mol. The van der Waals surface area contributed by atoms with Crippen LogP contribution in [0.3, 0.4) is 0 Å². The molecule has 1 saturated carbocycles. The molecule has 0 saturated heterocycles. The van der Waals surface area contributed by atoms with Gasteiger partial charge < -0.3 is 5.32 Å². The fourth-order valence-electron chi connectivity index (χ4n) is 4.65. The molecule has 0 atom stereocenters. The lowest BCUT2D eigenvalue weighted by Gasteiger charge is -2.22. The molecule has 5 rings (SSSR count). The van der Waals surface area contributed by atoms with Crippen LogP contribution in [0.2, 0.25) is 0 Å². The van der Waals surface area contributed by atoms with Gasteiger partial charge in [-0.1, -0.05) is 86.0 Å². The second kappa shape index (κ2) is 8.13. The standard InChI is InChI=1S/C28H27N/c1-2-7-21(8-3-1)22-13-17-25(18-14-22)29-26-19-15-24(16-20-26)28-12-6-10-23-9-4-5-11-27(23)28/h4-6,9-21,29H,1-3,7-8H2. The molecule has 0 heterocycles. The van der Waals surface area contributed by atoms with Crippen molar-refractivity contribution in [2.45, 2.75) is 38.0 Å². The molecule has 4 aromatic carbocycles. The van der Waals surface area contributed by atoms with Gasteiger partial charge in [0.15, 0.2) is 0 Å². The highest BCUT2D eigenvalue weighted by molar-refractivity contribution is 5.96. The first-order chi connectivity index (χ1) is 14.4. The van der Waals surface area contributed by atoms with Crippen LogP contribution in [0.1, 0.15) is 43.6 Å². The number of hydrogen-bond acceptors (Lipinski definition) is 1. The Hall–Kier alpha value is -3.06. The number of benzene rings is 4. The summed E-state index contributed by atoms with van der Waals surface area (Å²) < 4.78 is 0. The molecular formula is C28H27N. The molecule has 1 N–H and O–H groups in total. The average molecular weight is 378 g/mol. The van der Waals surface area contributed by atoms with E-state index in [1.807, 2.05) is 0 Å². The zero-order chi connectivity index (χ0) is 19.5. The quantitative estimate of drug-likeness (QED) is 0.377. The molecule has 29 heavy (non-hydrogen) atoms. The van der Waals surface area contributed by atoms with Gasteiger partial charge in [0.05, 0.1) is 0 Å². The molecule has 1 aliphatic carbocycles. The Labute approximate surface area is 173 Å². The molecule has 1 aliphatic rings. The fraction of sp³-hybridized carbons (Fsp3) is 0.214. The fourth-order valence-corrected chi connectivity index (χ4v) is 4.65. The van der Waals surface area contributed by atoms with Gasteiger partial charge in [0, 0.05) is 11.4 Å². The monoisotopic (exact) mass is 377 g/mol. The summed E-state index contributed by atoms with van der Waals surface area (Å²) in [5.41, 5.74) is 6.31. The minimum absolute atomic E-state index is 0.762. The van der Waals surface area contributed by atoms with Gasteiger partial charge in [-0.05, 0) is 70.5 Å². The molecule has 0 aromatic heterocycles. The summed E-state index contributed by atoms with van der Waals surface area (Å²) in [6.45, 7) is 0. The predicted octanol–water partition coefficient (Wildman–Crippen LogP) is 8.30. The molecule has 0 radical (unpaired) electrons. The molecule has 4 aromatic rings. The first kappa shape index (κ1) is 18.0. The number of rotatable bonds is 4. The van der Waals surface area contributed by atoms with Gasteiger partial charge in [0.1, 0.15) is 0 Å². The first-order valence-corrected chi connectivity index (χ1v) is 10.8. The lowest BCUT2D eigenvalue weighted by atomic mass is 9.84. The molecule has 144 valence electrons. The Morgan fingerprint density at radius 1 is 0.586 bits per heavy atom. The Bertz CT molecular complexity index is 1080. The first-order valence-electron chi connectivity index (χ1n) is 10.8. The van der Waals surface area contributed by atoms with Crippen LogP contribution in [-0.4, -0.2) is 0 Å². The van der Waals surface area contributed by atoms with Crippen LogP contribution in [-0.2, 0) is 0 Å². The number of hydrogen-bond donors (Lipinski definition) is 1. The van der Waals surface area contributed by atoms with E-state index in [4.69, 9.17) is 0 Å². The van der Waals surface area contributed by atoms with Gasteiger partial charge in [0.2, 0.25) is 0 Å². The maximum absolute atomic E-state index is 3.55. The van der Waals surface area contributed by atoms with E-state index in [9.17, 15) is 0 Å². The van der Waals surface area contributed by atoms with Crippen LogP contribution in [0.5, 0.6) is 0 Å². The van der Waals surface area contributed by atoms with E-state index in [-0.39, 0.29) is 0 Å². The molecule has 1 heteroatoms. The maximum Gasteiger partial charge on any atom is 0.0384 e. The van der Waals surface area contributed by atoms with E-state index in [0.29, 0.717) is 0 Å². The van der Waals surface area contributed by atoms with Gasteiger partial charge in [-0.2, -0.15) is 0 Å². The second-order valence-electron chi connectivity index (χ2n) is 8.19. The number of anilines is 2. The highest BCUT2D eigenvalue weighted by atomic mass is 14.9. The molecule has 0 amide bonds. The summed E-state index contributed by atoms with van der Waals surface area (Å²) in [6.07, 6.45) is 6.87. The van der Waals surface area contributed by atoms with Crippen molar-refractivity contribution in [1.29, 1.82) is 0 Å². The van der Waals surface area contributed by atoms with Crippen molar-refractivity contribution >= 4 is 22.1 Å². The van der Waals surface area contributed by atoms with Crippen LogP contribution in [0.15, 0.2) is 91.0 Å². The van der Waals surface area contributed by atoms with Crippen molar-refractivity contribution in [1.82, 2.24) is 0 Å². The molecule has 0 aliphatic heterocycles. The Morgan fingerprint density at radius 3 is 2.00 bits per heavy atom. The topological polar surface area (TPSA) is 12.0 Å². The van der Waals surface area contributed by atoms with E-state index < -0.39 is 0 Å². The predicted molar refractivity (Wildman–Crippen MR) is 125 cm³/mol. The van der Waals surface area contributed by atoms with Gasteiger partial charge in [-0.15, -0.1) is 0 Å². The van der Waals surface area contributed by atoms with Gasteiger partial charge >= 0.3 is 0 Å². The smallest absolute Gasteiger partial charge is 0.0384 e. The summed E-state index contributed by atoms with van der Waals surface area (Å²) in [5, 5.41) is 6.13. The summed E-state index contributed by atoms with van der Waals surface area (Å²) >= 11 is 0. The zero-order valence-corrected chi connectivity index (χ0v) is 16.8. The van der Waals surface area contributed by atoms with E-state index in [1.54, 1.807) is 0 Å². The van der Waals surface area contributed by atoms with Gasteiger partial charge in [0.25, 0.3) is 0 Å². The van der Waals surface area contributed by atoms with E-state index in [2.05, 4.69) is 96.3 Å². The van der Waals surface area contributed by atoms with Crippen LogP contribution < -0.4 is 5.32 Å². The van der Waals surface area contributed by atoms with E-state index >= 15 is 0 Å². The van der Waals surface area contributed by atoms with Crippen molar-refractivity contribution in [2.24, 2.45) is 0 Å². The van der Waals surface area contributed by atoms with Crippen molar-refractivity contribution in [2.75, 3.05) is 5.32 Å². The van der Waals surface area contributed by atoms with Crippen molar-refractivity contribution in [3.63, 3.8) is 0 Å². The largest absolute Gasteiger partial charge is 0.356 e. The van der Waals surface area contributed by atoms with Crippen molar-refractivity contribution < 1.29 is 0 Å². The van der Waals surface area contributed by atoms with Crippen LogP contribution in [0.4, 0.5) is 11.4 Å². The third-order valence-corrected chi connectivity index (χ3v) is 6.26. The van der Waals surface area contributed by atoms with Crippen LogP contribution in [0.25, 0.3) is 21.9 Å². The Morgan fingerprint density at radius 2 is 1.24 bits per heavy atom.